The van der Waals surface area contributed by atoms with E-state index in [1.54, 1.807) is 24.3 Å². The van der Waals surface area contributed by atoms with Crippen molar-refractivity contribution in [2.75, 3.05) is 26.9 Å². The lowest BCUT2D eigenvalue weighted by atomic mass is 10.2. The Morgan fingerprint density at radius 2 is 2.03 bits per heavy atom. The molecule has 2 aromatic rings. The zero-order valence-electron chi connectivity index (χ0n) is 16.8. The average Bonchev–Trinajstić information content (AvgIpc) is 3.01. The van der Waals surface area contributed by atoms with Gasteiger partial charge in [-0.15, -0.1) is 0 Å². The number of carbonyl (C=O) groups excluding carboxylic acids is 2. The largest absolute Gasteiger partial charge is 0.490 e. The molecule has 0 unspecified atom stereocenters. The molecule has 0 saturated carbocycles. The first-order valence-corrected chi connectivity index (χ1v) is 10.0. The van der Waals surface area contributed by atoms with E-state index in [0.29, 0.717) is 28.6 Å². The second-order valence-electron chi connectivity index (χ2n) is 6.18. The number of rotatable bonds is 9. The summed E-state index contributed by atoms with van der Waals surface area (Å²) in [6.07, 6.45) is 2.71. The molecule has 0 spiro atoms. The maximum Gasteiger partial charge on any atom is 0.293 e. The van der Waals surface area contributed by atoms with Crippen LogP contribution in [0.25, 0.3) is 6.08 Å². The van der Waals surface area contributed by atoms with Crippen LogP contribution in [0, 0.1) is 10.1 Å². The van der Waals surface area contributed by atoms with Crippen LogP contribution in [-0.2, 0) is 9.53 Å². The molecule has 1 fully saturated rings. The highest BCUT2D eigenvalue weighted by Gasteiger charge is 2.34. The van der Waals surface area contributed by atoms with Crippen molar-refractivity contribution in [3.8, 4) is 17.4 Å². The van der Waals surface area contributed by atoms with Gasteiger partial charge in [-0.2, -0.15) is 0 Å². The highest BCUT2D eigenvalue weighted by atomic mass is 32.2. The number of methoxy groups -OCH3 is 1. The number of pyridine rings is 1. The smallest absolute Gasteiger partial charge is 0.293 e. The summed E-state index contributed by atoms with van der Waals surface area (Å²) < 4.78 is 16.2. The van der Waals surface area contributed by atoms with Crippen molar-refractivity contribution < 1.29 is 28.7 Å². The number of aromatic nitrogens is 1. The van der Waals surface area contributed by atoms with Crippen molar-refractivity contribution in [3.05, 3.63) is 57.1 Å². The van der Waals surface area contributed by atoms with Gasteiger partial charge in [0.15, 0.2) is 11.5 Å². The molecular formula is C20H19N3O7S. The zero-order valence-corrected chi connectivity index (χ0v) is 17.6. The summed E-state index contributed by atoms with van der Waals surface area (Å²) in [4.78, 5) is 40.1. The van der Waals surface area contributed by atoms with Crippen molar-refractivity contribution in [1.82, 2.24) is 9.88 Å². The Bertz CT molecular complexity index is 1020. The number of benzene rings is 1. The lowest BCUT2D eigenvalue weighted by molar-refractivity contribution is -0.385. The first-order valence-electron chi connectivity index (χ1n) is 9.22. The van der Waals surface area contributed by atoms with E-state index in [2.05, 4.69) is 4.98 Å². The van der Waals surface area contributed by atoms with Crippen molar-refractivity contribution in [3.63, 3.8) is 0 Å². The van der Waals surface area contributed by atoms with E-state index >= 15 is 0 Å². The van der Waals surface area contributed by atoms with Crippen LogP contribution >= 0.6 is 11.8 Å². The van der Waals surface area contributed by atoms with Crippen molar-refractivity contribution in [2.45, 2.75) is 6.92 Å². The summed E-state index contributed by atoms with van der Waals surface area (Å²) >= 11 is 0.863. The summed E-state index contributed by atoms with van der Waals surface area (Å²) in [7, 11) is 1.50. The first-order chi connectivity index (χ1) is 14.9. The van der Waals surface area contributed by atoms with Crippen LogP contribution in [0.2, 0.25) is 0 Å². The maximum atomic E-state index is 12.5. The number of amides is 2. The molecule has 0 N–H and O–H groups in total. The van der Waals surface area contributed by atoms with Crippen molar-refractivity contribution in [1.29, 1.82) is 0 Å². The Morgan fingerprint density at radius 1 is 1.23 bits per heavy atom. The zero-order chi connectivity index (χ0) is 22.4. The van der Waals surface area contributed by atoms with Crippen LogP contribution in [0.4, 0.5) is 10.5 Å². The van der Waals surface area contributed by atoms with Gasteiger partial charge >= 0.3 is 0 Å². The van der Waals surface area contributed by atoms with Gasteiger partial charge < -0.3 is 14.2 Å². The van der Waals surface area contributed by atoms with Crippen LogP contribution in [0.5, 0.6) is 17.4 Å². The number of hydrogen-bond donors (Lipinski definition) is 0. The third kappa shape index (κ3) is 5.38. The first kappa shape index (κ1) is 22.2. The number of ether oxygens (including phenoxy) is 3. The van der Waals surface area contributed by atoms with E-state index in [0.717, 1.165) is 22.9 Å². The van der Waals surface area contributed by atoms with E-state index in [1.807, 2.05) is 6.92 Å². The van der Waals surface area contributed by atoms with Gasteiger partial charge in [0.1, 0.15) is 6.20 Å². The molecular weight excluding hydrogens is 426 g/mol. The molecule has 1 aromatic heterocycles. The summed E-state index contributed by atoms with van der Waals surface area (Å²) in [5, 5.41) is 10.4. The number of imide groups is 1. The van der Waals surface area contributed by atoms with Crippen LogP contribution in [0.15, 0.2) is 41.4 Å². The Balaban J connectivity index is 1.81. The SMILES string of the molecule is CCOc1cc(/C=C2\SC(=O)N(CCOC)C2=O)ccc1Oc1ccc([N+](=O)[O-])cn1. The third-order valence-corrected chi connectivity index (χ3v) is 5.01. The van der Waals surface area contributed by atoms with Gasteiger partial charge in [-0.05, 0) is 42.5 Å². The van der Waals surface area contributed by atoms with E-state index in [1.165, 1.54) is 19.2 Å². The molecule has 1 aliphatic rings. The molecule has 0 bridgehead atoms. The lowest BCUT2D eigenvalue weighted by Gasteiger charge is -2.12. The minimum Gasteiger partial charge on any atom is -0.490 e. The van der Waals surface area contributed by atoms with E-state index in [-0.39, 0.29) is 35.9 Å². The van der Waals surface area contributed by atoms with Gasteiger partial charge in [0, 0.05) is 19.2 Å². The van der Waals surface area contributed by atoms with Crippen LogP contribution < -0.4 is 9.47 Å². The number of carbonyl (C=O) groups is 2. The normalized spacial score (nSPS) is 14.9. The Hall–Kier alpha value is -3.44. The van der Waals surface area contributed by atoms with Crippen molar-refractivity contribution in [2.24, 2.45) is 0 Å². The second kappa shape index (κ2) is 10.0. The fourth-order valence-corrected chi connectivity index (χ4v) is 3.51. The quantitative estimate of drug-likeness (QED) is 0.322. The molecule has 0 radical (unpaired) electrons. The molecule has 162 valence electrons. The van der Waals surface area contributed by atoms with Gasteiger partial charge in [0.05, 0.1) is 29.6 Å². The molecule has 10 nitrogen and oxygen atoms in total. The lowest BCUT2D eigenvalue weighted by Crippen LogP contribution is -2.31. The standard InChI is InChI=1S/C20H19N3O7S/c1-3-29-16-10-13(11-17-19(24)22(8-9-28-2)20(25)31-17)4-6-15(16)30-18-7-5-14(12-21-18)23(26)27/h4-7,10-12H,3,8-9H2,1-2H3/b17-11-. The van der Waals surface area contributed by atoms with Gasteiger partial charge in [0.2, 0.25) is 5.88 Å². The number of nitrogens with zero attached hydrogens (tertiary/aromatic N) is 3. The molecule has 11 heteroatoms. The van der Waals surface area contributed by atoms with Crippen LogP contribution in [0.3, 0.4) is 0 Å². The number of hydrogen-bond acceptors (Lipinski definition) is 9. The Kier molecular flexibility index (Phi) is 7.21. The molecule has 0 aliphatic carbocycles. The molecule has 31 heavy (non-hydrogen) atoms. The number of thioether (sulfide) groups is 1. The molecule has 2 amide bonds. The monoisotopic (exact) mass is 445 g/mol. The Labute approximate surface area is 181 Å². The second-order valence-corrected chi connectivity index (χ2v) is 7.17. The molecule has 1 saturated heterocycles. The molecule has 0 atom stereocenters. The summed E-state index contributed by atoms with van der Waals surface area (Å²) in [6, 6.07) is 7.68. The molecule has 1 aromatic carbocycles. The van der Waals surface area contributed by atoms with E-state index < -0.39 is 4.92 Å². The van der Waals surface area contributed by atoms with Gasteiger partial charge in [0.25, 0.3) is 16.8 Å². The number of nitro groups is 1. The summed E-state index contributed by atoms with van der Waals surface area (Å²) in [5.74, 6) is 0.544. The van der Waals surface area contributed by atoms with Gasteiger partial charge in [-0.3, -0.25) is 24.6 Å². The van der Waals surface area contributed by atoms with Crippen LogP contribution in [-0.4, -0.2) is 52.8 Å². The summed E-state index contributed by atoms with van der Waals surface area (Å²) in [5.41, 5.74) is 0.497. The molecule has 1 aliphatic heterocycles. The maximum absolute atomic E-state index is 12.5. The van der Waals surface area contributed by atoms with Gasteiger partial charge in [-0.1, -0.05) is 6.07 Å². The van der Waals surface area contributed by atoms with E-state index in [9.17, 15) is 19.7 Å². The predicted molar refractivity (Wildman–Crippen MR) is 113 cm³/mol. The molecule has 3 rings (SSSR count). The molecule has 2 heterocycles. The highest BCUT2D eigenvalue weighted by Crippen LogP contribution is 2.36. The topological polar surface area (TPSA) is 121 Å². The van der Waals surface area contributed by atoms with Gasteiger partial charge in [-0.25, -0.2) is 4.98 Å². The fourth-order valence-electron chi connectivity index (χ4n) is 2.65. The van der Waals surface area contributed by atoms with Crippen LogP contribution in [0.1, 0.15) is 12.5 Å². The minimum absolute atomic E-state index is 0.146. The minimum atomic E-state index is -0.547. The average molecular weight is 445 g/mol. The Morgan fingerprint density at radius 3 is 2.68 bits per heavy atom. The third-order valence-electron chi connectivity index (χ3n) is 4.10. The highest BCUT2D eigenvalue weighted by molar-refractivity contribution is 8.18. The summed E-state index contributed by atoms with van der Waals surface area (Å²) in [6.45, 7) is 2.63. The van der Waals surface area contributed by atoms with E-state index in [4.69, 9.17) is 14.2 Å². The fraction of sp³-hybridized carbons (Fsp3) is 0.250. The van der Waals surface area contributed by atoms with Crippen molar-refractivity contribution >= 4 is 34.7 Å². The predicted octanol–water partition coefficient (Wildman–Crippen LogP) is 3.86.